The van der Waals surface area contributed by atoms with Crippen LogP contribution in [-0.4, -0.2) is 48.0 Å². The topological polar surface area (TPSA) is 78.7 Å². The van der Waals surface area contributed by atoms with E-state index < -0.39 is 11.0 Å². The maximum absolute atomic E-state index is 13.9. The van der Waals surface area contributed by atoms with Gasteiger partial charge in [-0.15, -0.1) is 0 Å². The summed E-state index contributed by atoms with van der Waals surface area (Å²) in [6, 6.07) is 10.1. The lowest BCUT2D eigenvalue weighted by Crippen LogP contribution is -2.53. The molecule has 2 aromatic rings. The molecule has 1 fully saturated rings. The first-order valence-electron chi connectivity index (χ1n) is 8.85. The summed E-state index contributed by atoms with van der Waals surface area (Å²) in [6.45, 7) is 4.13. The molecule has 1 aliphatic rings. The number of nitrogens with zero attached hydrogens (tertiary/aromatic N) is 3. The number of para-hydroxylation sites is 1. The molecule has 0 saturated carbocycles. The Labute approximate surface area is 166 Å². The van der Waals surface area contributed by atoms with E-state index in [0.29, 0.717) is 31.9 Å². The maximum atomic E-state index is 13.9. The minimum atomic E-state index is -0.544. The van der Waals surface area contributed by atoms with Crippen molar-refractivity contribution in [3.63, 3.8) is 0 Å². The van der Waals surface area contributed by atoms with E-state index in [9.17, 15) is 19.3 Å². The highest BCUT2D eigenvalue weighted by Gasteiger charge is 2.27. The first-order chi connectivity index (χ1) is 13.4. The second-order valence-corrected chi connectivity index (χ2v) is 6.97. The summed E-state index contributed by atoms with van der Waals surface area (Å²) in [7, 11) is 0. The third-order valence-electron chi connectivity index (χ3n) is 4.85. The van der Waals surface area contributed by atoms with Crippen LogP contribution in [-0.2, 0) is 4.79 Å². The molecule has 3 rings (SSSR count). The van der Waals surface area contributed by atoms with Crippen molar-refractivity contribution in [1.82, 2.24) is 4.90 Å². The number of carbonyl (C=O) groups excluding carboxylic acids is 1. The zero-order chi connectivity index (χ0) is 20.3. The smallest absolute Gasteiger partial charge is 0.271 e. The van der Waals surface area contributed by atoms with E-state index in [0.717, 1.165) is 0 Å². The second kappa shape index (κ2) is 8.53. The van der Waals surface area contributed by atoms with Gasteiger partial charge in [0.2, 0.25) is 5.91 Å². The zero-order valence-electron chi connectivity index (χ0n) is 15.3. The second-order valence-electron chi connectivity index (χ2n) is 6.56. The minimum Gasteiger partial charge on any atom is -0.367 e. The summed E-state index contributed by atoms with van der Waals surface area (Å²) in [4.78, 5) is 26.9. The van der Waals surface area contributed by atoms with Crippen molar-refractivity contribution in [2.24, 2.45) is 0 Å². The number of piperazine rings is 1. The fourth-order valence-electron chi connectivity index (χ4n) is 3.18. The molecule has 9 heteroatoms. The Morgan fingerprint density at radius 1 is 1.21 bits per heavy atom. The third kappa shape index (κ3) is 4.40. The third-order valence-corrected chi connectivity index (χ3v) is 5.18. The Bertz CT molecular complexity index is 887. The molecule has 28 heavy (non-hydrogen) atoms. The molecule has 1 heterocycles. The fourth-order valence-corrected chi connectivity index (χ4v) is 3.35. The molecule has 1 aliphatic heterocycles. The van der Waals surface area contributed by atoms with Gasteiger partial charge in [-0.05, 0) is 25.1 Å². The molecule has 148 valence electrons. The highest BCUT2D eigenvalue weighted by molar-refractivity contribution is 6.33. The van der Waals surface area contributed by atoms with Gasteiger partial charge < -0.3 is 10.2 Å². The molecule has 0 spiro atoms. The van der Waals surface area contributed by atoms with Crippen LogP contribution in [0.5, 0.6) is 0 Å². The van der Waals surface area contributed by atoms with E-state index >= 15 is 0 Å². The molecule has 0 aromatic heterocycles. The average Bonchev–Trinajstić information content (AvgIpc) is 2.69. The van der Waals surface area contributed by atoms with Gasteiger partial charge in [-0.2, -0.15) is 0 Å². The number of non-ortho nitro benzene ring substituents is 1. The van der Waals surface area contributed by atoms with Gasteiger partial charge in [-0.25, -0.2) is 4.39 Å². The number of amides is 1. The molecule has 1 amide bonds. The summed E-state index contributed by atoms with van der Waals surface area (Å²) in [5, 5.41) is 13.8. The summed E-state index contributed by atoms with van der Waals surface area (Å²) in [6.07, 6.45) is 0. The van der Waals surface area contributed by atoms with E-state index in [4.69, 9.17) is 11.6 Å². The fraction of sp³-hybridized carbons (Fsp3) is 0.316. The highest BCUT2D eigenvalue weighted by atomic mass is 35.5. The molecule has 0 bridgehead atoms. The largest absolute Gasteiger partial charge is 0.367 e. The molecule has 1 N–H and O–H groups in total. The Morgan fingerprint density at radius 2 is 1.89 bits per heavy atom. The van der Waals surface area contributed by atoms with Crippen molar-refractivity contribution in [2.45, 2.75) is 13.0 Å². The van der Waals surface area contributed by atoms with Gasteiger partial charge in [0, 0.05) is 38.3 Å². The predicted molar refractivity (Wildman–Crippen MR) is 106 cm³/mol. The molecule has 1 atom stereocenters. The number of benzene rings is 2. The van der Waals surface area contributed by atoms with E-state index in [1.165, 1.54) is 24.3 Å². The summed E-state index contributed by atoms with van der Waals surface area (Å²) in [5.41, 5.74) is 0.617. The quantitative estimate of drug-likeness (QED) is 0.607. The van der Waals surface area contributed by atoms with Crippen LogP contribution < -0.4 is 10.2 Å². The Kier molecular flexibility index (Phi) is 6.11. The van der Waals surface area contributed by atoms with Crippen LogP contribution in [0.4, 0.5) is 21.5 Å². The normalized spacial score (nSPS) is 15.9. The van der Waals surface area contributed by atoms with E-state index in [1.54, 1.807) is 25.1 Å². The standard InChI is InChI=1S/C19H20ClFN4O3/c1-13(19(26)22-17-12-14(25(27)28)6-7-15(17)20)23-8-10-24(11-9-23)18-5-3-2-4-16(18)21/h2-7,12-13H,8-11H2,1H3,(H,22,26). The van der Waals surface area contributed by atoms with Crippen LogP contribution in [0.1, 0.15) is 6.92 Å². The van der Waals surface area contributed by atoms with Crippen molar-refractivity contribution in [3.8, 4) is 0 Å². The number of nitro groups is 1. The van der Waals surface area contributed by atoms with Crippen LogP contribution in [0.3, 0.4) is 0 Å². The van der Waals surface area contributed by atoms with Crippen molar-refractivity contribution in [2.75, 3.05) is 36.4 Å². The molecule has 0 radical (unpaired) electrons. The highest BCUT2D eigenvalue weighted by Crippen LogP contribution is 2.27. The Morgan fingerprint density at radius 3 is 2.54 bits per heavy atom. The summed E-state index contributed by atoms with van der Waals surface area (Å²) in [5.74, 6) is -0.566. The Hall–Kier alpha value is -2.71. The molecule has 1 saturated heterocycles. The van der Waals surface area contributed by atoms with Gasteiger partial charge in [-0.3, -0.25) is 19.8 Å². The van der Waals surface area contributed by atoms with Gasteiger partial charge >= 0.3 is 0 Å². The monoisotopic (exact) mass is 406 g/mol. The van der Waals surface area contributed by atoms with Crippen LogP contribution in [0, 0.1) is 15.9 Å². The van der Waals surface area contributed by atoms with Crippen molar-refractivity contribution in [1.29, 1.82) is 0 Å². The lowest BCUT2D eigenvalue weighted by Gasteiger charge is -2.38. The maximum Gasteiger partial charge on any atom is 0.271 e. The van der Waals surface area contributed by atoms with E-state index in [2.05, 4.69) is 5.32 Å². The summed E-state index contributed by atoms with van der Waals surface area (Å²) < 4.78 is 13.9. The van der Waals surface area contributed by atoms with E-state index in [-0.39, 0.29) is 28.1 Å². The van der Waals surface area contributed by atoms with E-state index in [1.807, 2.05) is 9.80 Å². The van der Waals surface area contributed by atoms with Crippen molar-refractivity contribution in [3.05, 3.63) is 63.4 Å². The molecular weight excluding hydrogens is 387 g/mol. The number of hydrogen-bond donors (Lipinski definition) is 1. The number of anilines is 2. The van der Waals surface area contributed by atoms with Crippen LogP contribution in [0.2, 0.25) is 5.02 Å². The molecule has 2 aromatic carbocycles. The number of nitrogens with one attached hydrogen (secondary N) is 1. The molecule has 0 aliphatic carbocycles. The van der Waals surface area contributed by atoms with Crippen LogP contribution in [0.15, 0.2) is 42.5 Å². The number of nitro benzene ring substituents is 1. The number of halogens is 2. The molecule has 1 unspecified atom stereocenters. The average molecular weight is 407 g/mol. The van der Waals surface area contributed by atoms with Gasteiger partial charge in [-0.1, -0.05) is 23.7 Å². The van der Waals surface area contributed by atoms with Crippen LogP contribution in [0.25, 0.3) is 0 Å². The Balaban J connectivity index is 1.61. The number of carbonyl (C=O) groups is 1. The lowest BCUT2D eigenvalue weighted by atomic mass is 10.2. The SMILES string of the molecule is CC(C(=O)Nc1cc([N+](=O)[O-])ccc1Cl)N1CCN(c2ccccc2F)CC1. The van der Waals surface area contributed by atoms with Gasteiger partial charge in [0.1, 0.15) is 5.82 Å². The first kappa shape index (κ1) is 20.0. The first-order valence-corrected chi connectivity index (χ1v) is 9.23. The van der Waals surface area contributed by atoms with Gasteiger partial charge in [0.15, 0.2) is 0 Å². The predicted octanol–water partition coefficient (Wildman–Crippen LogP) is 3.54. The number of hydrogen-bond acceptors (Lipinski definition) is 5. The molecule has 7 nitrogen and oxygen atoms in total. The van der Waals surface area contributed by atoms with Gasteiger partial charge in [0.25, 0.3) is 5.69 Å². The minimum absolute atomic E-state index is 0.147. The van der Waals surface area contributed by atoms with Gasteiger partial charge in [0.05, 0.1) is 27.4 Å². The summed E-state index contributed by atoms with van der Waals surface area (Å²) >= 11 is 6.04. The van der Waals surface area contributed by atoms with Crippen molar-refractivity contribution < 1.29 is 14.1 Å². The van der Waals surface area contributed by atoms with Crippen molar-refractivity contribution >= 4 is 34.6 Å². The molecular formula is C19H20ClFN4O3. The zero-order valence-corrected chi connectivity index (χ0v) is 16.0. The van der Waals surface area contributed by atoms with Crippen LogP contribution >= 0.6 is 11.6 Å². The number of rotatable bonds is 5. The lowest BCUT2D eigenvalue weighted by molar-refractivity contribution is -0.384.